The van der Waals surface area contributed by atoms with Crippen LogP contribution in [0.4, 0.5) is 0 Å². The van der Waals surface area contributed by atoms with Crippen LogP contribution in [0.5, 0.6) is 0 Å². The van der Waals surface area contributed by atoms with Crippen LogP contribution < -0.4 is 11.5 Å². The zero-order chi connectivity index (χ0) is 20.8. The van der Waals surface area contributed by atoms with Crippen molar-refractivity contribution >= 4 is 0 Å². The van der Waals surface area contributed by atoms with Crippen LogP contribution in [0.3, 0.4) is 0 Å². The first-order valence-electron chi connectivity index (χ1n) is 10.9. The van der Waals surface area contributed by atoms with Gasteiger partial charge in [-0.3, -0.25) is 0 Å². The van der Waals surface area contributed by atoms with Gasteiger partial charge in [0.05, 0.1) is 24.8 Å². The third-order valence-corrected chi connectivity index (χ3v) is 5.19. The lowest BCUT2D eigenvalue weighted by Crippen LogP contribution is -2.38. The molecule has 0 spiro atoms. The molecule has 0 saturated carbocycles. The first-order chi connectivity index (χ1) is 14.1. The number of benzene rings is 2. The monoisotopic (exact) mass is 398 g/mol. The molecule has 0 amide bonds. The van der Waals surface area contributed by atoms with Crippen molar-refractivity contribution in [2.45, 2.75) is 57.0 Å². The Bertz CT molecular complexity index is 646. The molecule has 0 aliphatic rings. The van der Waals surface area contributed by atoms with Crippen molar-refractivity contribution < 1.29 is 9.47 Å². The van der Waals surface area contributed by atoms with E-state index in [1.807, 2.05) is 55.5 Å². The molecule has 0 radical (unpaired) electrons. The lowest BCUT2D eigenvalue weighted by atomic mass is 9.94. The van der Waals surface area contributed by atoms with Gasteiger partial charge in [-0.15, -0.1) is 0 Å². The highest BCUT2D eigenvalue weighted by atomic mass is 16.5. The van der Waals surface area contributed by atoms with Crippen molar-refractivity contribution in [1.82, 2.24) is 0 Å². The molecule has 2 rings (SSSR count). The molecular formula is C25H38N2O2. The average molecular weight is 399 g/mol. The molecule has 0 fully saturated rings. The van der Waals surface area contributed by atoms with Gasteiger partial charge in [0.25, 0.3) is 0 Å². The largest absolute Gasteiger partial charge is 0.379 e. The molecule has 160 valence electrons. The quantitative estimate of drug-likeness (QED) is 0.417. The Morgan fingerprint density at radius 2 is 1.28 bits per heavy atom. The van der Waals surface area contributed by atoms with Gasteiger partial charge in [-0.05, 0) is 30.9 Å². The van der Waals surface area contributed by atoms with E-state index in [1.165, 1.54) is 25.7 Å². The van der Waals surface area contributed by atoms with E-state index in [4.69, 9.17) is 20.9 Å². The molecule has 0 aliphatic heterocycles. The maximum absolute atomic E-state index is 6.37. The molecule has 4 nitrogen and oxygen atoms in total. The number of nitrogens with two attached hydrogens (primary N) is 2. The van der Waals surface area contributed by atoms with Crippen molar-refractivity contribution in [3.8, 4) is 0 Å². The zero-order valence-electron chi connectivity index (χ0n) is 17.9. The minimum Gasteiger partial charge on any atom is -0.379 e. The summed E-state index contributed by atoms with van der Waals surface area (Å²) in [6.45, 7) is 4.74. The molecule has 0 saturated heterocycles. The van der Waals surface area contributed by atoms with E-state index in [2.05, 4.69) is 12.1 Å². The summed E-state index contributed by atoms with van der Waals surface area (Å²) in [4.78, 5) is 0. The molecular weight excluding hydrogens is 360 g/mol. The summed E-state index contributed by atoms with van der Waals surface area (Å²) >= 11 is 0. The second-order valence-corrected chi connectivity index (χ2v) is 8.05. The van der Waals surface area contributed by atoms with Gasteiger partial charge in [-0.25, -0.2) is 0 Å². The Balaban J connectivity index is 1.39. The van der Waals surface area contributed by atoms with Gasteiger partial charge in [0.15, 0.2) is 0 Å². The van der Waals surface area contributed by atoms with Crippen molar-refractivity contribution in [3.05, 3.63) is 71.8 Å². The van der Waals surface area contributed by atoms with Crippen LogP contribution in [-0.4, -0.2) is 26.4 Å². The number of ether oxygens (including phenoxy) is 2. The second kappa shape index (κ2) is 13.5. The Morgan fingerprint density at radius 1 is 0.759 bits per heavy atom. The summed E-state index contributed by atoms with van der Waals surface area (Å²) in [5, 5.41) is 0. The van der Waals surface area contributed by atoms with E-state index in [0.717, 1.165) is 37.2 Å². The Kier molecular flexibility index (Phi) is 11.0. The third-order valence-electron chi connectivity index (χ3n) is 5.19. The van der Waals surface area contributed by atoms with Crippen molar-refractivity contribution in [3.63, 3.8) is 0 Å². The van der Waals surface area contributed by atoms with Gasteiger partial charge >= 0.3 is 0 Å². The molecule has 4 N–H and O–H groups in total. The van der Waals surface area contributed by atoms with E-state index in [9.17, 15) is 0 Å². The topological polar surface area (TPSA) is 70.5 Å². The number of unbranched alkanes of at least 4 members (excludes halogenated alkanes) is 5. The highest BCUT2D eigenvalue weighted by molar-refractivity contribution is 5.23. The minimum atomic E-state index is -0.426. The number of hydrogen-bond acceptors (Lipinski definition) is 4. The van der Waals surface area contributed by atoms with Gasteiger partial charge in [0, 0.05) is 13.2 Å². The Morgan fingerprint density at radius 3 is 1.90 bits per heavy atom. The highest BCUT2D eigenvalue weighted by Crippen LogP contribution is 2.18. The highest BCUT2D eigenvalue weighted by Gasteiger charge is 2.20. The molecule has 0 bridgehead atoms. The fourth-order valence-electron chi connectivity index (χ4n) is 3.31. The molecule has 2 aromatic rings. The van der Waals surface area contributed by atoms with Gasteiger partial charge in [-0.1, -0.05) is 86.3 Å². The first-order valence-corrected chi connectivity index (χ1v) is 10.9. The van der Waals surface area contributed by atoms with Crippen LogP contribution in [0.25, 0.3) is 0 Å². The predicted molar refractivity (Wildman–Crippen MR) is 121 cm³/mol. The normalized spacial score (nSPS) is 14.4. The van der Waals surface area contributed by atoms with Crippen LogP contribution >= 0.6 is 0 Å². The number of rotatable bonds is 15. The maximum atomic E-state index is 6.37. The van der Waals surface area contributed by atoms with Crippen LogP contribution in [0.1, 0.15) is 62.6 Å². The van der Waals surface area contributed by atoms with E-state index in [0.29, 0.717) is 13.2 Å². The summed E-state index contributed by atoms with van der Waals surface area (Å²) in [5.74, 6) is 0. The SMILES string of the molecule is C[C@](N)(COCCCCCCCCOC[C@@H](N)c1ccccc1)c1ccccc1. The molecule has 2 aromatic carbocycles. The first kappa shape index (κ1) is 23.6. The Labute approximate surface area is 176 Å². The van der Waals surface area contributed by atoms with Gasteiger partial charge in [0.2, 0.25) is 0 Å². The summed E-state index contributed by atoms with van der Waals surface area (Å²) in [5.41, 5.74) is 14.3. The minimum absolute atomic E-state index is 0.0338. The van der Waals surface area contributed by atoms with Gasteiger partial charge in [0.1, 0.15) is 0 Å². The molecule has 0 aromatic heterocycles. The molecule has 0 aliphatic carbocycles. The summed E-state index contributed by atoms with van der Waals surface area (Å²) in [6, 6.07) is 20.2. The van der Waals surface area contributed by atoms with Crippen LogP contribution in [0.15, 0.2) is 60.7 Å². The third kappa shape index (κ3) is 9.55. The molecule has 2 atom stereocenters. The smallest absolute Gasteiger partial charge is 0.0685 e. The summed E-state index contributed by atoms with van der Waals surface area (Å²) in [7, 11) is 0. The van der Waals surface area contributed by atoms with Crippen LogP contribution in [0.2, 0.25) is 0 Å². The Hall–Kier alpha value is -1.72. The lowest BCUT2D eigenvalue weighted by Gasteiger charge is -2.25. The molecule has 0 heterocycles. The average Bonchev–Trinajstić information content (AvgIpc) is 2.75. The summed E-state index contributed by atoms with van der Waals surface area (Å²) in [6.07, 6.45) is 7.08. The standard InChI is InChI=1S/C25H38N2O2/c1-25(27,23-16-10-7-11-17-23)21-29-19-13-5-3-2-4-12-18-28-20-24(26)22-14-8-6-9-15-22/h6-11,14-17,24H,2-5,12-13,18-21,26-27H2,1H3/t24-,25+/m1/s1. The van der Waals surface area contributed by atoms with E-state index in [-0.39, 0.29) is 6.04 Å². The number of hydrogen-bond donors (Lipinski definition) is 2. The van der Waals surface area contributed by atoms with Crippen LogP contribution in [0, 0.1) is 0 Å². The second-order valence-electron chi connectivity index (χ2n) is 8.05. The van der Waals surface area contributed by atoms with E-state index in [1.54, 1.807) is 0 Å². The predicted octanol–water partition coefficient (Wildman–Crippen LogP) is 4.93. The van der Waals surface area contributed by atoms with Crippen molar-refractivity contribution in [2.75, 3.05) is 26.4 Å². The molecule has 0 unspecified atom stereocenters. The molecule has 29 heavy (non-hydrogen) atoms. The fraction of sp³-hybridized carbons (Fsp3) is 0.520. The van der Waals surface area contributed by atoms with Crippen molar-refractivity contribution in [2.24, 2.45) is 11.5 Å². The maximum Gasteiger partial charge on any atom is 0.0685 e. The lowest BCUT2D eigenvalue weighted by molar-refractivity contribution is 0.0872. The zero-order valence-corrected chi connectivity index (χ0v) is 17.9. The van der Waals surface area contributed by atoms with Crippen molar-refractivity contribution in [1.29, 1.82) is 0 Å². The van der Waals surface area contributed by atoms with E-state index >= 15 is 0 Å². The van der Waals surface area contributed by atoms with E-state index < -0.39 is 5.54 Å². The fourth-order valence-corrected chi connectivity index (χ4v) is 3.31. The van der Waals surface area contributed by atoms with Crippen LogP contribution in [-0.2, 0) is 15.0 Å². The van der Waals surface area contributed by atoms with Gasteiger partial charge < -0.3 is 20.9 Å². The van der Waals surface area contributed by atoms with Gasteiger partial charge in [-0.2, -0.15) is 0 Å². The molecule has 4 heteroatoms. The summed E-state index contributed by atoms with van der Waals surface area (Å²) < 4.78 is 11.5.